The van der Waals surface area contributed by atoms with Gasteiger partial charge in [0.05, 0.1) is 12.2 Å². The van der Waals surface area contributed by atoms with Crippen molar-refractivity contribution in [3.8, 4) is 0 Å². The Morgan fingerprint density at radius 1 is 1.71 bits per heavy atom. The van der Waals surface area contributed by atoms with Crippen LogP contribution in [0.1, 0.15) is 18.5 Å². The van der Waals surface area contributed by atoms with Gasteiger partial charge in [-0.15, -0.1) is 0 Å². The van der Waals surface area contributed by atoms with E-state index in [1.54, 1.807) is 0 Å². The van der Waals surface area contributed by atoms with E-state index in [0.717, 1.165) is 18.5 Å². The van der Waals surface area contributed by atoms with Gasteiger partial charge in [0.2, 0.25) is 5.91 Å². The number of hydrogen-bond acceptors (Lipinski definition) is 4. The Labute approximate surface area is 81.5 Å². The van der Waals surface area contributed by atoms with Crippen molar-refractivity contribution < 1.29 is 13.9 Å². The summed E-state index contributed by atoms with van der Waals surface area (Å²) >= 11 is 0. The van der Waals surface area contributed by atoms with Crippen LogP contribution >= 0.6 is 0 Å². The third-order valence-electron chi connectivity index (χ3n) is 2.15. The van der Waals surface area contributed by atoms with Crippen molar-refractivity contribution in [2.24, 2.45) is 0 Å². The van der Waals surface area contributed by atoms with Crippen LogP contribution in [0.5, 0.6) is 0 Å². The minimum Gasteiger partial charge on any atom is -0.451 e. The highest BCUT2D eigenvalue weighted by molar-refractivity contribution is 5.80. The topological polar surface area (TPSA) is 64.4 Å². The Balaban J connectivity index is 1.77. The Morgan fingerprint density at radius 3 is 3.29 bits per heavy atom. The molecule has 1 aromatic heterocycles. The first kappa shape index (κ1) is 9.21. The minimum atomic E-state index is -0.276. The van der Waals surface area contributed by atoms with Crippen molar-refractivity contribution in [3.05, 3.63) is 18.4 Å². The van der Waals surface area contributed by atoms with Gasteiger partial charge in [-0.2, -0.15) is 0 Å². The second kappa shape index (κ2) is 4.23. The molecule has 5 nitrogen and oxygen atoms in total. The normalized spacial score (nSPS) is 21.0. The molecule has 1 aliphatic rings. The van der Waals surface area contributed by atoms with Crippen LogP contribution < -0.4 is 5.32 Å². The Bertz CT molecular complexity index is 291. The van der Waals surface area contributed by atoms with Crippen LogP contribution in [0.2, 0.25) is 0 Å². The van der Waals surface area contributed by atoms with Crippen LogP contribution in [0.15, 0.2) is 17.1 Å². The summed E-state index contributed by atoms with van der Waals surface area (Å²) in [4.78, 5) is 15.3. The molecule has 0 aromatic carbocycles. The van der Waals surface area contributed by atoms with Crippen molar-refractivity contribution in [2.75, 3.05) is 6.61 Å². The molecule has 5 heteroatoms. The standard InChI is InChI=1S/C9H12N2O3/c12-9(8-2-1-3-14-8)10-4-7-5-13-6-11-7/h5-6,8H,1-4H2,(H,10,12). The number of nitrogens with one attached hydrogen (secondary N) is 1. The summed E-state index contributed by atoms with van der Waals surface area (Å²) in [6, 6.07) is 0. The van der Waals surface area contributed by atoms with Crippen molar-refractivity contribution in [2.45, 2.75) is 25.5 Å². The smallest absolute Gasteiger partial charge is 0.249 e. The third-order valence-corrected chi connectivity index (χ3v) is 2.15. The Hall–Kier alpha value is -1.36. The molecule has 0 aliphatic carbocycles. The molecule has 1 N–H and O–H groups in total. The molecular formula is C9H12N2O3. The van der Waals surface area contributed by atoms with Gasteiger partial charge in [-0.05, 0) is 12.8 Å². The second-order valence-corrected chi connectivity index (χ2v) is 3.20. The largest absolute Gasteiger partial charge is 0.451 e. The monoisotopic (exact) mass is 196 g/mol. The first-order valence-electron chi connectivity index (χ1n) is 4.62. The first-order valence-corrected chi connectivity index (χ1v) is 4.62. The highest BCUT2D eigenvalue weighted by Gasteiger charge is 2.23. The fraction of sp³-hybridized carbons (Fsp3) is 0.556. The molecule has 1 saturated heterocycles. The van der Waals surface area contributed by atoms with Crippen molar-refractivity contribution in [1.82, 2.24) is 10.3 Å². The highest BCUT2D eigenvalue weighted by atomic mass is 16.5. The van der Waals surface area contributed by atoms with Crippen molar-refractivity contribution >= 4 is 5.91 Å². The second-order valence-electron chi connectivity index (χ2n) is 3.20. The predicted molar refractivity (Wildman–Crippen MR) is 47.3 cm³/mol. The van der Waals surface area contributed by atoms with E-state index in [2.05, 4.69) is 10.3 Å². The molecule has 2 heterocycles. The maximum absolute atomic E-state index is 11.4. The third kappa shape index (κ3) is 2.11. The molecule has 1 aromatic rings. The van der Waals surface area contributed by atoms with Gasteiger partial charge in [0.25, 0.3) is 0 Å². The summed E-state index contributed by atoms with van der Waals surface area (Å²) in [7, 11) is 0. The van der Waals surface area contributed by atoms with Gasteiger partial charge in [0.1, 0.15) is 12.4 Å². The molecule has 76 valence electrons. The zero-order chi connectivity index (χ0) is 9.80. The van der Waals surface area contributed by atoms with Gasteiger partial charge >= 0.3 is 0 Å². The lowest BCUT2D eigenvalue weighted by Gasteiger charge is -2.08. The number of hydrogen-bond donors (Lipinski definition) is 1. The van der Waals surface area contributed by atoms with Crippen LogP contribution in [-0.4, -0.2) is 23.6 Å². The molecule has 1 aliphatic heterocycles. The number of aromatic nitrogens is 1. The Kier molecular flexibility index (Phi) is 2.78. The fourth-order valence-corrected chi connectivity index (χ4v) is 1.40. The van der Waals surface area contributed by atoms with Gasteiger partial charge in [-0.3, -0.25) is 4.79 Å². The molecule has 1 unspecified atom stereocenters. The van der Waals surface area contributed by atoms with E-state index in [9.17, 15) is 4.79 Å². The minimum absolute atomic E-state index is 0.0644. The SMILES string of the molecule is O=C(NCc1cocn1)C1CCCO1. The number of amides is 1. The number of carbonyl (C=O) groups is 1. The summed E-state index contributed by atoms with van der Waals surface area (Å²) in [6.07, 6.45) is 4.35. The average molecular weight is 196 g/mol. The molecular weight excluding hydrogens is 184 g/mol. The van der Waals surface area contributed by atoms with E-state index in [0.29, 0.717) is 13.2 Å². The lowest BCUT2D eigenvalue weighted by molar-refractivity contribution is -0.130. The highest BCUT2D eigenvalue weighted by Crippen LogP contribution is 2.11. The van der Waals surface area contributed by atoms with Crippen LogP contribution in [0.25, 0.3) is 0 Å². The zero-order valence-corrected chi connectivity index (χ0v) is 7.73. The average Bonchev–Trinajstić information content (AvgIpc) is 2.87. The van der Waals surface area contributed by atoms with Gasteiger partial charge in [-0.25, -0.2) is 4.98 Å². The van der Waals surface area contributed by atoms with Crippen LogP contribution in [0.3, 0.4) is 0 Å². The first-order chi connectivity index (χ1) is 6.86. The molecule has 1 amide bonds. The van der Waals surface area contributed by atoms with Crippen LogP contribution in [0.4, 0.5) is 0 Å². The molecule has 1 atom stereocenters. The number of oxazole rings is 1. The van der Waals surface area contributed by atoms with Crippen molar-refractivity contribution in [3.63, 3.8) is 0 Å². The van der Waals surface area contributed by atoms with E-state index in [4.69, 9.17) is 9.15 Å². The summed E-state index contributed by atoms with van der Waals surface area (Å²) in [5, 5.41) is 2.74. The van der Waals surface area contributed by atoms with Gasteiger partial charge in [0.15, 0.2) is 6.39 Å². The lowest BCUT2D eigenvalue weighted by atomic mass is 10.2. The molecule has 0 spiro atoms. The van der Waals surface area contributed by atoms with E-state index < -0.39 is 0 Å². The molecule has 0 saturated carbocycles. The molecule has 14 heavy (non-hydrogen) atoms. The fourth-order valence-electron chi connectivity index (χ4n) is 1.40. The Morgan fingerprint density at radius 2 is 2.64 bits per heavy atom. The lowest BCUT2D eigenvalue weighted by Crippen LogP contribution is -2.33. The summed E-state index contributed by atoms with van der Waals surface area (Å²) in [5.41, 5.74) is 0.719. The van der Waals surface area contributed by atoms with E-state index in [1.807, 2.05) is 0 Å². The van der Waals surface area contributed by atoms with E-state index in [-0.39, 0.29) is 12.0 Å². The van der Waals surface area contributed by atoms with Crippen LogP contribution in [-0.2, 0) is 16.1 Å². The van der Waals surface area contributed by atoms with Gasteiger partial charge in [0, 0.05) is 6.61 Å². The molecule has 0 radical (unpaired) electrons. The number of carbonyl (C=O) groups excluding carboxylic acids is 1. The van der Waals surface area contributed by atoms with E-state index >= 15 is 0 Å². The molecule has 0 bridgehead atoms. The predicted octanol–water partition coefficient (Wildman–Crippen LogP) is 0.470. The zero-order valence-electron chi connectivity index (χ0n) is 7.73. The maximum Gasteiger partial charge on any atom is 0.249 e. The van der Waals surface area contributed by atoms with Crippen molar-refractivity contribution in [1.29, 1.82) is 0 Å². The summed E-state index contributed by atoms with van der Waals surface area (Å²) < 4.78 is 10.0. The number of nitrogens with zero attached hydrogens (tertiary/aromatic N) is 1. The maximum atomic E-state index is 11.4. The summed E-state index contributed by atoms with van der Waals surface area (Å²) in [5.74, 6) is -0.0644. The quantitative estimate of drug-likeness (QED) is 0.763. The summed E-state index contributed by atoms with van der Waals surface area (Å²) in [6.45, 7) is 1.08. The van der Waals surface area contributed by atoms with Crippen LogP contribution in [0, 0.1) is 0 Å². The molecule has 1 fully saturated rings. The number of rotatable bonds is 3. The number of ether oxygens (including phenoxy) is 1. The van der Waals surface area contributed by atoms with Gasteiger partial charge < -0.3 is 14.5 Å². The van der Waals surface area contributed by atoms with E-state index in [1.165, 1.54) is 12.7 Å². The van der Waals surface area contributed by atoms with Gasteiger partial charge in [-0.1, -0.05) is 0 Å². The molecule has 2 rings (SSSR count).